The van der Waals surface area contributed by atoms with Crippen molar-refractivity contribution < 1.29 is 17.9 Å². The van der Waals surface area contributed by atoms with Gasteiger partial charge in [0.15, 0.2) is 0 Å². The van der Waals surface area contributed by atoms with Gasteiger partial charge in [-0.05, 0) is 19.4 Å². The minimum Gasteiger partial charge on any atom is -0.377 e. The van der Waals surface area contributed by atoms with Crippen LogP contribution in [0.15, 0.2) is 0 Å². The molecule has 0 aromatic heterocycles. The van der Waals surface area contributed by atoms with Crippen molar-refractivity contribution in [2.24, 2.45) is 5.41 Å². The molecule has 3 atom stereocenters. The maximum absolute atomic E-state index is 12.0. The fourth-order valence-electron chi connectivity index (χ4n) is 2.43. The first-order valence-corrected chi connectivity index (χ1v) is 6.25. The van der Waals surface area contributed by atoms with Gasteiger partial charge in [0.05, 0.1) is 19.1 Å². The van der Waals surface area contributed by atoms with Gasteiger partial charge in [-0.2, -0.15) is 13.2 Å². The van der Waals surface area contributed by atoms with Crippen molar-refractivity contribution in [3.63, 3.8) is 0 Å². The molecule has 0 spiro atoms. The molecule has 17 heavy (non-hydrogen) atoms. The zero-order chi connectivity index (χ0) is 13.1. The Balaban J connectivity index is 2.36. The Labute approximate surface area is 101 Å². The number of hydrogen-bond donors (Lipinski definition) is 1. The first-order chi connectivity index (χ1) is 7.83. The number of hydrogen-bond acceptors (Lipinski definition) is 2. The molecule has 0 amide bonds. The molecular formula is C12H22F3NO. The summed E-state index contributed by atoms with van der Waals surface area (Å²) in [4.78, 5) is 0. The van der Waals surface area contributed by atoms with Gasteiger partial charge in [0.1, 0.15) is 0 Å². The SMILES string of the molecule is CCNC1CC(OCCC(F)(F)F)C1(C)CC. The summed E-state index contributed by atoms with van der Waals surface area (Å²) in [5, 5.41) is 3.36. The summed E-state index contributed by atoms with van der Waals surface area (Å²) in [5.41, 5.74) is -0.0262. The van der Waals surface area contributed by atoms with Crippen LogP contribution >= 0.6 is 0 Å². The highest BCUT2D eigenvalue weighted by Crippen LogP contribution is 2.46. The highest BCUT2D eigenvalue weighted by Gasteiger charge is 2.50. The number of alkyl halides is 3. The van der Waals surface area contributed by atoms with Crippen LogP contribution in [0.4, 0.5) is 13.2 Å². The topological polar surface area (TPSA) is 21.3 Å². The Bertz CT molecular complexity index is 244. The van der Waals surface area contributed by atoms with Gasteiger partial charge >= 0.3 is 6.18 Å². The third-order valence-corrected chi connectivity index (χ3v) is 3.90. The maximum atomic E-state index is 12.0. The zero-order valence-corrected chi connectivity index (χ0v) is 10.7. The molecule has 2 nitrogen and oxygen atoms in total. The average Bonchev–Trinajstić information content (AvgIpc) is 2.24. The van der Waals surface area contributed by atoms with E-state index in [1.165, 1.54) is 0 Å². The van der Waals surface area contributed by atoms with E-state index in [0.29, 0.717) is 6.04 Å². The van der Waals surface area contributed by atoms with Crippen LogP contribution in [0, 0.1) is 5.41 Å². The minimum absolute atomic E-state index is 0.0262. The Kier molecular flexibility index (Phi) is 4.84. The van der Waals surface area contributed by atoms with Crippen LogP contribution in [0.3, 0.4) is 0 Å². The molecule has 0 bridgehead atoms. The molecule has 0 aliphatic heterocycles. The second-order valence-corrected chi connectivity index (χ2v) is 4.93. The van der Waals surface area contributed by atoms with Gasteiger partial charge < -0.3 is 10.1 Å². The summed E-state index contributed by atoms with van der Waals surface area (Å²) in [5.74, 6) is 0. The number of nitrogens with one attached hydrogen (secondary N) is 1. The fraction of sp³-hybridized carbons (Fsp3) is 1.00. The molecule has 1 fully saturated rings. The van der Waals surface area contributed by atoms with Crippen molar-refractivity contribution in [3.8, 4) is 0 Å². The van der Waals surface area contributed by atoms with E-state index in [0.717, 1.165) is 19.4 Å². The fourth-order valence-corrected chi connectivity index (χ4v) is 2.43. The average molecular weight is 253 g/mol. The standard InChI is InChI=1S/C12H22F3NO/c1-4-11(3)9(16-5-2)8-10(11)17-7-6-12(13,14)15/h9-10,16H,4-8H2,1-3H3. The van der Waals surface area contributed by atoms with Crippen molar-refractivity contribution >= 4 is 0 Å². The largest absolute Gasteiger partial charge is 0.391 e. The summed E-state index contributed by atoms with van der Waals surface area (Å²) in [7, 11) is 0. The molecule has 1 aliphatic rings. The highest BCUT2D eigenvalue weighted by atomic mass is 19.4. The smallest absolute Gasteiger partial charge is 0.377 e. The summed E-state index contributed by atoms with van der Waals surface area (Å²) in [6, 6.07) is 0.369. The Morgan fingerprint density at radius 3 is 2.47 bits per heavy atom. The van der Waals surface area contributed by atoms with E-state index >= 15 is 0 Å². The van der Waals surface area contributed by atoms with Crippen molar-refractivity contribution in [2.75, 3.05) is 13.2 Å². The molecule has 1 aliphatic carbocycles. The molecule has 0 heterocycles. The Morgan fingerprint density at radius 1 is 1.35 bits per heavy atom. The molecule has 1 N–H and O–H groups in total. The van der Waals surface area contributed by atoms with Crippen LogP contribution in [0.2, 0.25) is 0 Å². The van der Waals surface area contributed by atoms with Gasteiger partial charge in [-0.1, -0.05) is 20.8 Å². The van der Waals surface area contributed by atoms with Gasteiger partial charge in [-0.3, -0.25) is 0 Å². The minimum atomic E-state index is -4.12. The first-order valence-electron chi connectivity index (χ1n) is 6.25. The lowest BCUT2D eigenvalue weighted by Gasteiger charge is -2.53. The predicted octanol–water partition coefficient (Wildman–Crippen LogP) is 3.12. The van der Waals surface area contributed by atoms with E-state index < -0.39 is 12.6 Å². The van der Waals surface area contributed by atoms with Crippen LogP contribution in [-0.4, -0.2) is 31.5 Å². The molecular weight excluding hydrogens is 231 g/mol. The summed E-state index contributed by atoms with van der Waals surface area (Å²) >= 11 is 0. The van der Waals surface area contributed by atoms with Crippen molar-refractivity contribution in [1.82, 2.24) is 5.32 Å². The zero-order valence-electron chi connectivity index (χ0n) is 10.7. The number of rotatable bonds is 6. The van der Waals surface area contributed by atoms with E-state index in [1.807, 2.05) is 6.92 Å². The molecule has 3 unspecified atom stereocenters. The third-order valence-electron chi connectivity index (χ3n) is 3.90. The second-order valence-electron chi connectivity index (χ2n) is 4.93. The van der Waals surface area contributed by atoms with Gasteiger partial charge in [-0.15, -0.1) is 0 Å². The van der Waals surface area contributed by atoms with Crippen LogP contribution in [0.5, 0.6) is 0 Å². The van der Waals surface area contributed by atoms with Crippen LogP contribution < -0.4 is 5.32 Å². The molecule has 0 radical (unpaired) electrons. The highest BCUT2D eigenvalue weighted by molar-refractivity contribution is 5.04. The van der Waals surface area contributed by atoms with Crippen LogP contribution in [0.1, 0.15) is 40.0 Å². The van der Waals surface area contributed by atoms with E-state index in [9.17, 15) is 13.2 Å². The van der Waals surface area contributed by atoms with Crippen LogP contribution in [0.25, 0.3) is 0 Å². The normalized spacial score (nSPS) is 33.5. The lowest BCUT2D eigenvalue weighted by Crippen LogP contribution is -2.62. The summed E-state index contributed by atoms with van der Waals surface area (Å²) in [6.45, 7) is 6.84. The first kappa shape index (κ1) is 14.8. The van der Waals surface area contributed by atoms with Crippen molar-refractivity contribution in [3.05, 3.63) is 0 Å². The van der Waals surface area contributed by atoms with Gasteiger partial charge in [0.25, 0.3) is 0 Å². The van der Waals surface area contributed by atoms with Crippen molar-refractivity contribution in [2.45, 2.75) is 58.4 Å². The van der Waals surface area contributed by atoms with E-state index in [-0.39, 0.29) is 18.1 Å². The number of ether oxygens (including phenoxy) is 1. The van der Waals surface area contributed by atoms with E-state index in [1.54, 1.807) is 0 Å². The Morgan fingerprint density at radius 2 is 2.00 bits per heavy atom. The number of halogens is 3. The molecule has 102 valence electrons. The third kappa shape index (κ3) is 3.58. The van der Waals surface area contributed by atoms with Gasteiger partial charge in [-0.25, -0.2) is 0 Å². The molecule has 1 saturated carbocycles. The predicted molar refractivity (Wildman–Crippen MR) is 60.9 cm³/mol. The van der Waals surface area contributed by atoms with E-state index in [2.05, 4.69) is 19.2 Å². The maximum Gasteiger partial charge on any atom is 0.391 e. The molecule has 1 rings (SSSR count). The molecule has 0 saturated heterocycles. The molecule has 5 heteroatoms. The van der Waals surface area contributed by atoms with Crippen molar-refractivity contribution in [1.29, 1.82) is 0 Å². The lowest BCUT2D eigenvalue weighted by molar-refractivity contribution is -0.174. The Hall–Kier alpha value is -0.290. The van der Waals surface area contributed by atoms with Gasteiger partial charge in [0.2, 0.25) is 0 Å². The lowest BCUT2D eigenvalue weighted by atomic mass is 9.61. The summed E-state index contributed by atoms with van der Waals surface area (Å²) in [6.07, 6.45) is -3.28. The monoisotopic (exact) mass is 253 g/mol. The summed E-state index contributed by atoms with van der Waals surface area (Å²) < 4.78 is 41.4. The molecule has 0 aromatic rings. The van der Waals surface area contributed by atoms with Crippen LogP contribution in [-0.2, 0) is 4.74 Å². The quantitative estimate of drug-likeness (QED) is 0.785. The van der Waals surface area contributed by atoms with E-state index in [4.69, 9.17) is 4.74 Å². The second kappa shape index (κ2) is 5.57. The molecule has 0 aromatic carbocycles. The van der Waals surface area contributed by atoms with Gasteiger partial charge in [0, 0.05) is 11.5 Å².